The predicted octanol–water partition coefficient (Wildman–Crippen LogP) is 3.83. The highest BCUT2D eigenvalue weighted by Crippen LogP contribution is 2.04. The van der Waals surface area contributed by atoms with Gasteiger partial charge in [-0.3, -0.25) is 0 Å². The molecular formula is C17H19NO. The summed E-state index contributed by atoms with van der Waals surface area (Å²) in [4.78, 5) is 0. The third-order valence-corrected chi connectivity index (χ3v) is 2.67. The highest BCUT2D eigenvalue weighted by molar-refractivity contribution is 5.48. The first-order valence-electron chi connectivity index (χ1n) is 6.53. The van der Waals surface area contributed by atoms with Gasteiger partial charge in [-0.2, -0.15) is 0 Å². The van der Waals surface area contributed by atoms with E-state index in [9.17, 15) is 0 Å². The van der Waals surface area contributed by atoms with Crippen molar-refractivity contribution in [3.05, 3.63) is 72.3 Å². The average molecular weight is 253 g/mol. The van der Waals surface area contributed by atoms with Gasteiger partial charge >= 0.3 is 0 Å². The van der Waals surface area contributed by atoms with Crippen molar-refractivity contribution in [2.45, 2.75) is 0 Å². The lowest BCUT2D eigenvalue weighted by molar-refractivity contribution is 0.174. The molecule has 0 radical (unpaired) electrons. The van der Waals surface area contributed by atoms with Gasteiger partial charge in [-0.25, -0.2) is 0 Å². The zero-order valence-corrected chi connectivity index (χ0v) is 11.0. The van der Waals surface area contributed by atoms with Gasteiger partial charge in [0.25, 0.3) is 0 Å². The lowest BCUT2D eigenvalue weighted by Gasteiger charge is -2.05. The summed E-state index contributed by atoms with van der Waals surface area (Å²) >= 11 is 0. The molecule has 1 N–H and O–H groups in total. The van der Waals surface area contributed by atoms with Crippen molar-refractivity contribution in [1.29, 1.82) is 0 Å². The highest BCUT2D eigenvalue weighted by Gasteiger charge is 1.89. The van der Waals surface area contributed by atoms with Crippen LogP contribution in [-0.2, 0) is 4.74 Å². The normalized spacial score (nSPS) is 10.7. The fourth-order valence-corrected chi connectivity index (χ4v) is 1.72. The fourth-order valence-electron chi connectivity index (χ4n) is 1.72. The van der Waals surface area contributed by atoms with Crippen molar-refractivity contribution in [2.75, 3.05) is 25.1 Å². The number of hydrogen-bond acceptors (Lipinski definition) is 2. The number of para-hydroxylation sites is 1. The van der Waals surface area contributed by atoms with Gasteiger partial charge < -0.3 is 10.1 Å². The number of anilines is 1. The molecule has 0 aliphatic heterocycles. The van der Waals surface area contributed by atoms with E-state index in [2.05, 4.69) is 35.7 Å². The average Bonchev–Trinajstić information content (AvgIpc) is 2.48. The van der Waals surface area contributed by atoms with Crippen LogP contribution in [0.2, 0.25) is 0 Å². The molecule has 0 fully saturated rings. The van der Waals surface area contributed by atoms with Crippen LogP contribution in [0, 0.1) is 0 Å². The van der Waals surface area contributed by atoms with Crippen LogP contribution in [0.15, 0.2) is 66.7 Å². The van der Waals surface area contributed by atoms with Crippen LogP contribution in [-0.4, -0.2) is 19.8 Å². The lowest BCUT2D eigenvalue weighted by atomic mass is 10.2. The second-order valence-electron chi connectivity index (χ2n) is 4.18. The molecule has 0 saturated carbocycles. The van der Waals surface area contributed by atoms with Gasteiger partial charge in [0.2, 0.25) is 0 Å². The first-order chi connectivity index (χ1) is 9.45. The second-order valence-corrected chi connectivity index (χ2v) is 4.18. The molecule has 0 unspecified atom stereocenters. The summed E-state index contributed by atoms with van der Waals surface area (Å²) in [5, 5.41) is 3.30. The maximum absolute atomic E-state index is 5.53. The van der Waals surface area contributed by atoms with E-state index in [1.807, 2.05) is 42.5 Å². The van der Waals surface area contributed by atoms with E-state index < -0.39 is 0 Å². The molecule has 0 amide bonds. The maximum atomic E-state index is 5.53. The quantitative estimate of drug-likeness (QED) is 0.757. The summed E-state index contributed by atoms with van der Waals surface area (Å²) in [7, 11) is 0. The van der Waals surface area contributed by atoms with Gasteiger partial charge in [0.1, 0.15) is 0 Å². The molecule has 2 nitrogen and oxygen atoms in total. The van der Waals surface area contributed by atoms with E-state index in [1.165, 1.54) is 5.56 Å². The number of rotatable bonds is 7. The van der Waals surface area contributed by atoms with E-state index in [-0.39, 0.29) is 0 Å². The standard InChI is InChI=1S/C17H19NO/c1-3-8-16(9-4-1)10-7-14-19-15-13-18-17-11-5-2-6-12-17/h1-12,18H,13-15H2/b10-7+. The molecule has 0 spiro atoms. The van der Waals surface area contributed by atoms with Gasteiger partial charge in [-0.15, -0.1) is 0 Å². The SMILES string of the molecule is C(=C\c1ccccc1)/COCCNc1ccccc1. The van der Waals surface area contributed by atoms with Gasteiger partial charge in [-0.05, 0) is 17.7 Å². The molecule has 0 saturated heterocycles. The van der Waals surface area contributed by atoms with Crippen molar-refractivity contribution < 1.29 is 4.74 Å². The van der Waals surface area contributed by atoms with Gasteiger partial charge in [0.15, 0.2) is 0 Å². The Labute approximate surface area is 114 Å². The minimum atomic E-state index is 0.644. The Balaban J connectivity index is 1.56. The molecule has 0 heterocycles. The van der Waals surface area contributed by atoms with Gasteiger partial charge in [0.05, 0.1) is 13.2 Å². The zero-order valence-electron chi connectivity index (χ0n) is 11.0. The van der Waals surface area contributed by atoms with Crippen molar-refractivity contribution >= 4 is 11.8 Å². The molecule has 2 heteroatoms. The minimum Gasteiger partial charge on any atom is -0.383 e. The van der Waals surface area contributed by atoms with Crippen LogP contribution in [0.1, 0.15) is 5.56 Å². The molecule has 0 aliphatic rings. The van der Waals surface area contributed by atoms with Crippen LogP contribution in [0.3, 0.4) is 0 Å². The fraction of sp³-hybridized carbons (Fsp3) is 0.176. The predicted molar refractivity (Wildman–Crippen MR) is 81.2 cm³/mol. The van der Waals surface area contributed by atoms with E-state index in [0.717, 1.165) is 12.2 Å². The highest BCUT2D eigenvalue weighted by atomic mass is 16.5. The topological polar surface area (TPSA) is 21.3 Å². The lowest BCUT2D eigenvalue weighted by Crippen LogP contribution is -2.09. The molecule has 2 aromatic carbocycles. The van der Waals surface area contributed by atoms with E-state index in [1.54, 1.807) is 0 Å². The molecule has 19 heavy (non-hydrogen) atoms. The summed E-state index contributed by atoms with van der Waals surface area (Å²) in [5.41, 5.74) is 2.33. The van der Waals surface area contributed by atoms with Gasteiger partial charge in [0, 0.05) is 12.2 Å². The first kappa shape index (κ1) is 13.4. The van der Waals surface area contributed by atoms with Crippen molar-refractivity contribution in [2.24, 2.45) is 0 Å². The first-order valence-corrected chi connectivity index (χ1v) is 6.53. The minimum absolute atomic E-state index is 0.644. The smallest absolute Gasteiger partial charge is 0.0651 e. The Morgan fingerprint density at radius 1 is 0.895 bits per heavy atom. The second kappa shape index (κ2) is 8.11. The molecule has 0 aromatic heterocycles. The number of ether oxygens (including phenoxy) is 1. The molecule has 2 rings (SSSR count). The van der Waals surface area contributed by atoms with Crippen LogP contribution in [0.25, 0.3) is 6.08 Å². The van der Waals surface area contributed by atoms with E-state index in [0.29, 0.717) is 13.2 Å². The molecule has 0 atom stereocenters. The summed E-state index contributed by atoms with van der Waals surface area (Å²) in [6.07, 6.45) is 4.11. The zero-order chi connectivity index (χ0) is 13.2. The summed E-state index contributed by atoms with van der Waals surface area (Å²) in [6.45, 7) is 2.17. The van der Waals surface area contributed by atoms with Crippen LogP contribution in [0.5, 0.6) is 0 Å². The van der Waals surface area contributed by atoms with Gasteiger partial charge in [-0.1, -0.05) is 60.7 Å². The molecule has 2 aromatic rings. The Morgan fingerprint density at radius 2 is 1.58 bits per heavy atom. The molecule has 0 bridgehead atoms. The monoisotopic (exact) mass is 253 g/mol. The Bertz CT molecular complexity index is 479. The van der Waals surface area contributed by atoms with E-state index in [4.69, 9.17) is 4.74 Å². The molecule has 0 aliphatic carbocycles. The van der Waals surface area contributed by atoms with Crippen molar-refractivity contribution in [3.8, 4) is 0 Å². The number of hydrogen-bond donors (Lipinski definition) is 1. The largest absolute Gasteiger partial charge is 0.383 e. The Morgan fingerprint density at radius 3 is 2.32 bits per heavy atom. The summed E-state index contributed by atoms with van der Waals surface area (Å²) in [6, 6.07) is 20.4. The number of nitrogens with one attached hydrogen (secondary N) is 1. The van der Waals surface area contributed by atoms with Crippen LogP contribution >= 0.6 is 0 Å². The summed E-state index contributed by atoms with van der Waals surface area (Å²) in [5.74, 6) is 0. The third-order valence-electron chi connectivity index (χ3n) is 2.67. The van der Waals surface area contributed by atoms with Crippen LogP contribution < -0.4 is 5.32 Å². The van der Waals surface area contributed by atoms with Crippen molar-refractivity contribution in [1.82, 2.24) is 0 Å². The van der Waals surface area contributed by atoms with Crippen LogP contribution in [0.4, 0.5) is 5.69 Å². The summed E-state index contributed by atoms with van der Waals surface area (Å²) < 4.78 is 5.53. The third kappa shape index (κ3) is 5.40. The molecular weight excluding hydrogens is 234 g/mol. The number of benzene rings is 2. The maximum Gasteiger partial charge on any atom is 0.0651 e. The Kier molecular flexibility index (Phi) is 5.71. The van der Waals surface area contributed by atoms with E-state index >= 15 is 0 Å². The van der Waals surface area contributed by atoms with Crippen molar-refractivity contribution in [3.63, 3.8) is 0 Å². The Hall–Kier alpha value is -2.06. The molecule has 98 valence electrons.